The number of pyridine rings is 3. The van der Waals surface area contributed by atoms with Crippen molar-refractivity contribution >= 4 is 38.5 Å². The van der Waals surface area contributed by atoms with E-state index in [1.54, 1.807) is 40.1 Å². The lowest BCUT2D eigenvalue weighted by Crippen LogP contribution is -2.56. The van der Waals surface area contributed by atoms with Crippen molar-refractivity contribution in [2.45, 2.75) is 49.9 Å². The van der Waals surface area contributed by atoms with Crippen molar-refractivity contribution < 1.29 is 23.1 Å². The van der Waals surface area contributed by atoms with Crippen LogP contribution in [0.2, 0.25) is 0 Å². The molecule has 2 aliphatic heterocycles. The molecule has 12 heteroatoms. The van der Waals surface area contributed by atoms with E-state index in [1.165, 1.54) is 26.1 Å². The molecule has 0 spiro atoms. The van der Waals surface area contributed by atoms with Gasteiger partial charge in [-0.1, -0.05) is 0 Å². The average Bonchev–Trinajstić information content (AvgIpc) is 2.88. The molecule has 11 nitrogen and oxygen atoms in total. The Labute approximate surface area is 221 Å². The van der Waals surface area contributed by atoms with Crippen molar-refractivity contribution in [3.8, 4) is 11.3 Å². The molecule has 1 N–H and O–H groups in total. The first-order valence-electron chi connectivity index (χ1n) is 12.4. The summed E-state index contributed by atoms with van der Waals surface area (Å²) in [6.07, 6.45) is 5.46. The number of fused-ring (bicyclic) bond motifs is 3. The zero-order chi connectivity index (χ0) is 27.4. The molecular formula is C26H30N6O5S. The number of carbonyl (C=O) groups is 2. The van der Waals surface area contributed by atoms with Gasteiger partial charge in [0.2, 0.25) is 0 Å². The molecule has 0 unspecified atom stereocenters. The predicted molar refractivity (Wildman–Crippen MR) is 141 cm³/mol. The van der Waals surface area contributed by atoms with Crippen molar-refractivity contribution in [2.75, 3.05) is 31.3 Å². The van der Waals surface area contributed by atoms with E-state index in [0.717, 1.165) is 11.8 Å². The Balaban J connectivity index is 1.54. The number of rotatable bonds is 4. The second-order valence-corrected chi connectivity index (χ2v) is 12.4. The minimum atomic E-state index is -3.43. The monoisotopic (exact) mass is 538 g/mol. The molecule has 0 aliphatic carbocycles. The van der Waals surface area contributed by atoms with Gasteiger partial charge in [0, 0.05) is 56.0 Å². The van der Waals surface area contributed by atoms with Crippen LogP contribution >= 0.6 is 0 Å². The normalized spacial score (nSPS) is 17.2. The molecule has 0 aromatic carbocycles. The summed E-state index contributed by atoms with van der Waals surface area (Å²) >= 11 is 0. The fourth-order valence-electron chi connectivity index (χ4n) is 5.04. The summed E-state index contributed by atoms with van der Waals surface area (Å²) in [7, 11) is -1.68. The number of nitrogens with zero attached hydrogens (tertiary/aromatic N) is 6. The molecule has 5 heterocycles. The third-order valence-electron chi connectivity index (χ3n) is 7.00. The third-order valence-corrected chi connectivity index (χ3v) is 8.00. The number of amides is 3. The van der Waals surface area contributed by atoms with Gasteiger partial charge in [-0.05, 0) is 51.0 Å². The lowest BCUT2D eigenvalue weighted by atomic mass is 9.98. The molecular weight excluding hydrogens is 508 g/mol. The van der Waals surface area contributed by atoms with Gasteiger partial charge in [-0.25, -0.2) is 23.2 Å². The van der Waals surface area contributed by atoms with Crippen LogP contribution in [0.1, 0.15) is 32.3 Å². The van der Waals surface area contributed by atoms with Crippen LogP contribution in [0.15, 0.2) is 41.7 Å². The van der Waals surface area contributed by atoms with Crippen LogP contribution in [-0.2, 0) is 21.2 Å². The molecule has 1 fully saturated rings. The van der Waals surface area contributed by atoms with Gasteiger partial charge in [0.15, 0.2) is 14.9 Å². The average molecular weight is 539 g/mol. The Morgan fingerprint density at radius 2 is 1.79 bits per heavy atom. The van der Waals surface area contributed by atoms with Crippen molar-refractivity contribution in [2.24, 2.45) is 0 Å². The summed E-state index contributed by atoms with van der Waals surface area (Å²) in [6.45, 7) is 4.20. The summed E-state index contributed by atoms with van der Waals surface area (Å²) in [4.78, 5) is 44.7. The van der Waals surface area contributed by atoms with Crippen LogP contribution in [0.4, 0.5) is 10.5 Å². The van der Waals surface area contributed by atoms with Gasteiger partial charge in [0.05, 0.1) is 23.4 Å². The Bertz CT molecular complexity index is 1530. The minimum absolute atomic E-state index is 0.0182. The highest BCUT2D eigenvalue weighted by Gasteiger charge is 2.39. The summed E-state index contributed by atoms with van der Waals surface area (Å²) < 4.78 is 23.6. The fourth-order valence-corrected chi connectivity index (χ4v) is 5.60. The summed E-state index contributed by atoms with van der Waals surface area (Å²) in [5.74, 6) is -0.324. The smallest absolute Gasteiger partial charge is 0.324 e. The number of sulfone groups is 1. The van der Waals surface area contributed by atoms with Crippen LogP contribution in [0, 0.1) is 0 Å². The lowest BCUT2D eigenvalue weighted by Gasteiger charge is -2.43. The number of hydrogen-bond donors (Lipinski definition) is 1. The van der Waals surface area contributed by atoms with Gasteiger partial charge in [0.25, 0.3) is 5.91 Å². The topological polar surface area (TPSA) is 137 Å². The second-order valence-electron chi connectivity index (χ2n) is 10.4. The van der Waals surface area contributed by atoms with Gasteiger partial charge in [-0.2, -0.15) is 0 Å². The first-order chi connectivity index (χ1) is 17.8. The molecule has 0 radical (unpaired) electrons. The summed E-state index contributed by atoms with van der Waals surface area (Å²) in [5, 5.41) is 10.1. The molecule has 3 aromatic rings. The van der Waals surface area contributed by atoms with E-state index in [-0.39, 0.29) is 23.0 Å². The maximum Gasteiger partial charge on any atom is 0.324 e. The van der Waals surface area contributed by atoms with E-state index in [9.17, 15) is 23.1 Å². The molecule has 38 heavy (non-hydrogen) atoms. The number of piperidine rings is 1. The van der Waals surface area contributed by atoms with E-state index in [0.29, 0.717) is 60.5 Å². The molecule has 5 rings (SSSR count). The maximum atomic E-state index is 13.5. The number of urea groups is 1. The molecule has 3 aromatic heterocycles. The van der Waals surface area contributed by atoms with Crippen molar-refractivity contribution in [3.05, 3.63) is 42.2 Å². The van der Waals surface area contributed by atoms with Gasteiger partial charge >= 0.3 is 6.03 Å². The number of aliphatic hydroxyl groups is 1. The van der Waals surface area contributed by atoms with Crippen molar-refractivity contribution in [1.82, 2.24) is 24.8 Å². The van der Waals surface area contributed by atoms with Gasteiger partial charge in [-0.15, -0.1) is 0 Å². The van der Waals surface area contributed by atoms with E-state index < -0.39 is 15.4 Å². The largest absolute Gasteiger partial charge is 0.381 e. The molecule has 3 amide bonds. The van der Waals surface area contributed by atoms with E-state index >= 15 is 0 Å². The summed E-state index contributed by atoms with van der Waals surface area (Å²) in [6, 6.07) is 6.41. The SMILES string of the molecule is CN1Cc2cnc3ccc(-c4ccc(S(C)(=O)=O)nc4)nc3c2N(C2CCN(C(=O)C(C)(C)O)CC2)C1=O. The predicted octanol–water partition coefficient (Wildman–Crippen LogP) is 2.23. The molecule has 2 aliphatic rings. The second kappa shape index (κ2) is 9.28. The zero-order valence-corrected chi connectivity index (χ0v) is 22.6. The van der Waals surface area contributed by atoms with E-state index in [2.05, 4.69) is 9.97 Å². The highest BCUT2D eigenvalue weighted by atomic mass is 32.2. The molecule has 200 valence electrons. The minimum Gasteiger partial charge on any atom is -0.381 e. The van der Waals surface area contributed by atoms with Crippen molar-refractivity contribution in [1.29, 1.82) is 0 Å². The Kier molecular flexibility index (Phi) is 6.35. The standard InChI is InChI=1S/C26H30N6O5S/c1-26(2,35)24(33)31-11-9-18(10-12-31)32-23-17(15-30(3)25(32)34)14-27-20-7-6-19(29-22(20)23)16-5-8-21(28-13-16)38(4,36)37/h5-8,13-14,18,35H,9-12,15H2,1-4H3. The Morgan fingerprint density at radius 3 is 2.39 bits per heavy atom. The van der Waals surface area contributed by atoms with Crippen LogP contribution in [0.5, 0.6) is 0 Å². The van der Waals surface area contributed by atoms with Gasteiger partial charge in [0.1, 0.15) is 11.1 Å². The van der Waals surface area contributed by atoms with E-state index in [4.69, 9.17) is 4.98 Å². The van der Waals surface area contributed by atoms with Crippen molar-refractivity contribution in [3.63, 3.8) is 0 Å². The fraction of sp³-hybridized carbons (Fsp3) is 0.423. The van der Waals surface area contributed by atoms with Gasteiger partial charge < -0.3 is 14.9 Å². The Morgan fingerprint density at radius 1 is 1.08 bits per heavy atom. The lowest BCUT2D eigenvalue weighted by molar-refractivity contribution is -0.148. The molecule has 1 saturated heterocycles. The number of anilines is 1. The first-order valence-corrected chi connectivity index (χ1v) is 14.2. The zero-order valence-electron chi connectivity index (χ0n) is 21.7. The molecule has 0 bridgehead atoms. The first kappa shape index (κ1) is 26.0. The maximum absolute atomic E-state index is 13.5. The summed E-state index contributed by atoms with van der Waals surface area (Å²) in [5.41, 5.74) is 2.54. The number of hydrogen-bond acceptors (Lipinski definition) is 8. The molecule has 0 atom stereocenters. The highest BCUT2D eigenvalue weighted by molar-refractivity contribution is 7.90. The van der Waals surface area contributed by atoms with Crippen LogP contribution in [0.25, 0.3) is 22.3 Å². The Hall–Kier alpha value is -3.64. The number of carbonyl (C=O) groups excluding carboxylic acids is 2. The van der Waals surface area contributed by atoms with E-state index in [1.807, 2.05) is 6.07 Å². The molecule has 0 saturated carbocycles. The quantitative estimate of drug-likeness (QED) is 0.534. The third kappa shape index (κ3) is 4.69. The van der Waals surface area contributed by atoms with Crippen LogP contribution < -0.4 is 4.90 Å². The number of aromatic nitrogens is 3. The highest BCUT2D eigenvalue weighted by Crippen LogP contribution is 2.38. The van der Waals surface area contributed by atoms with Crippen LogP contribution in [-0.4, -0.2) is 88.3 Å². The number of likely N-dealkylation sites (tertiary alicyclic amines) is 1. The van der Waals surface area contributed by atoms with Gasteiger partial charge in [-0.3, -0.25) is 14.7 Å². The van der Waals surface area contributed by atoms with Crippen LogP contribution in [0.3, 0.4) is 0 Å².